The molecule has 18 heteroatoms. The van der Waals surface area contributed by atoms with E-state index in [1.807, 2.05) is 0 Å². The quantitative estimate of drug-likeness (QED) is 0.230. The summed E-state index contributed by atoms with van der Waals surface area (Å²) in [6.07, 6.45) is -1.61. The molecule has 1 aliphatic heterocycles. The van der Waals surface area contributed by atoms with Crippen LogP contribution < -0.4 is 15.8 Å². The second-order valence-electron chi connectivity index (χ2n) is 12.0. The summed E-state index contributed by atoms with van der Waals surface area (Å²) in [5.41, 5.74) is 0.554. The normalized spacial score (nSPS) is 13.7. The Morgan fingerprint density at radius 3 is 2.54 bits per heavy atom. The molecule has 2 amide bonds. The molecule has 5 heterocycles. The highest BCUT2D eigenvalue weighted by molar-refractivity contribution is 6.33. The van der Waals surface area contributed by atoms with E-state index in [0.717, 1.165) is 28.1 Å². The average Bonchev–Trinajstić information content (AvgIpc) is 3.79. The summed E-state index contributed by atoms with van der Waals surface area (Å²) in [6, 6.07) is 9.67. The van der Waals surface area contributed by atoms with Crippen LogP contribution in [0.25, 0.3) is 28.1 Å². The Morgan fingerprint density at radius 2 is 1.83 bits per heavy atom. The Bertz CT molecular complexity index is 2430. The standard InChI is InChI=1S/C34H29ClF3N9O5/c1-3-24-28(44-9-11-45(12-10-44)31(50)27-29(49)18(2)39-17-40-27)32(51)47-33(42-30(43-47)20-4-7-25-19(14-20)8-13-52-25)46(24)16-26(48)41-23-6-5-21(15-22(23)35)34(36,37)38/h4-8,13-15,17,49H,3,9-12,16H2,1-2H3,(H,41,48). The fraction of sp³-hybridized carbons (Fsp3) is 0.265. The highest BCUT2D eigenvalue weighted by Crippen LogP contribution is 2.34. The largest absolute Gasteiger partial charge is 0.504 e. The van der Waals surface area contributed by atoms with Gasteiger partial charge in [-0.1, -0.05) is 18.5 Å². The highest BCUT2D eigenvalue weighted by atomic mass is 35.5. The van der Waals surface area contributed by atoms with E-state index in [1.54, 1.807) is 49.3 Å². The number of halogens is 4. The second-order valence-corrected chi connectivity index (χ2v) is 12.4. The van der Waals surface area contributed by atoms with Crippen molar-refractivity contribution in [2.75, 3.05) is 36.4 Å². The zero-order valence-electron chi connectivity index (χ0n) is 27.6. The number of hydrogen-bond acceptors (Lipinski definition) is 10. The van der Waals surface area contributed by atoms with Gasteiger partial charge in [0.15, 0.2) is 17.3 Å². The summed E-state index contributed by atoms with van der Waals surface area (Å²) in [5.74, 6) is -1.17. The van der Waals surface area contributed by atoms with Crippen LogP contribution in [-0.4, -0.2) is 77.1 Å². The van der Waals surface area contributed by atoms with Crippen molar-refractivity contribution in [3.05, 3.63) is 93.1 Å². The van der Waals surface area contributed by atoms with Crippen molar-refractivity contribution in [3.8, 4) is 17.1 Å². The molecule has 268 valence electrons. The number of aryl methyl sites for hydroxylation is 1. The van der Waals surface area contributed by atoms with Crippen LogP contribution in [0, 0.1) is 6.92 Å². The van der Waals surface area contributed by atoms with Crippen LogP contribution in [0.2, 0.25) is 5.02 Å². The lowest BCUT2D eigenvalue weighted by Gasteiger charge is -2.36. The molecule has 0 bridgehead atoms. The lowest BCUT2D eigenvalue weighted by Crippen LogP contribution is -2.51. The molecule has 6 aromatic rings. The molecule has 1 aliphatic rings. The number of aromatic hydroxyl groups is 1. The lowest BCUT2D eigenvalue weighted by atomic mass is 10.1. The molecule has 52 heavy (non-hydrogen) atoms. The minimum absolute atomic E-state index is 0.0312. The van der Waals surface area contributed by atoms with E-state index in [0.29, 0.717) is 16.8 Å². The van der Waals surface area contributed by atoms with Crippen LogP contribution in [0.15, 0.2) is 64.3 Å². The van der Waals surface area contributed by atoms with Crippen molar-refractivity contribution in [1.82, 2.24) is 34.0 Å². The van der Waals surface area contributed by atoms with Gasteiger partial charge in [-0.05, 0) is 55.8 Å². The van der Waals surface area contributed by atoms with E-state index in [9.17, 15) is 32.7 Å². The molecular formula is C34H29ClF3N9O5. The first-order chi connectivity index (χ1) is 24.8. The molecule has 0 radical (unpaired) electrons. The first-order valence-corrected chi connectivity index (χ1v) is 16.4. The maximum absolute atomic E-state index is 14.3. The molecule has 2 aromatic carbocycles. The topological polar surface area (TPSA) is 164 Å². The van der Waals surface area contributed by atoms with Crippen molar-refractivity contribution in [1.29, 1.82) is 0 Å². The molecule has 2 N–H and O–H groups in total. The van der Waals surface area contributed by atoms with E-state index < -0.39 is 35.7 Å². The molecule has 0 aliphatic carbocycles. The van der Waals surface area contributed by atoms with Crippen LogP contribution in [0.4, 0.5) is 24.5 Å². The summed E-state index contributed by atoms with van der Waals surface area (Å²) in [5, 5.41) is 18.0. The molecule has 14 nitrogen and oxygen atoms in total. The summed E-state index contributed by atoms with van der Waals surface area (Å²) in [7, 11) is 0. The Hall–Kier alpha value is -5.97. The number of fused-ring (bicyclic) bond motifs is 2. The number of carbonyl (C=O) groups excluding carboxylic acids is 2. The SMILES string of the molecule is CCc1c(N2CCN(C(=O)c3ncnc(C)c3O)CC2)c(=O)n2nc(-c3ccc4occc4c3)nc2n1CC(=O)Nc1ccc(C(F)(F)F)cc1Cl. The highest BCUT2D eigenvalue weighted by Gasteiger charge is 2.32. The van der Waals surface area contributed by atoms with E-state index >= 15 is 0 Å². The van der Waals surface area contributed by atoms with Crippen molar-refractivity contribution in [2.45, 2.75) is 33.0 Å². The molecular weight excluding hydrogens is 707 g/mol. The predicted octanol–water partition coefficient (Wildman–Crippen LogP) is 4.94. The lowest BCUT2D eigenvalue weighted by molar-refractivity contribution is -0.137. The molecule has 1 fully saturated rings. The molecule has 4 aromatic heterocycles. The third-order valence-corrected chi connectivity index (χ3v) is 9.15. The van der Waals surface area contributed by atoms with E-state index in [4.69, 9.17) is 16.0 Å². The minimum Gasteiger partial charge on any atom is -0.504 e. The van der Waals surface area contributed by atoms with Crippen molar-refractivity contribution in [3.63, 3.8) is 0 Å². The van der Waals surface area contributed by atoms with Crippen molar-refractivity contribution in [2.24, 2.45) is 0 Å². The van der Waals surface area contributed by atoms with Gasteiger partial charge in [0.1, 0.15) is 24.1 Å². The summed E-state index contributed by atoms with van der Waals surface area (Å²) in [6.45, 7) is 3.76. The van der Waals surface area contributed by atoms with Gasteiger partial charge in [-0.3, -0.25) is 14.4 Å². The molecule has 0 unspecified atom stereocenters. The number of rotatable bonds is 7. The zero-order valence-corrected chi connectivity index (χ0v) is 28.4. The van der Waals surface area contributed by atoms with Gasteiger partial charge in [-0.15, -0.1) is 5.10 Å². The Kier molecular flexibility index (Phi) is 8.82. The monoisotopic (exact) mass is 735 g/mol. The van der Waals surface area contributed by atoms with Crippen LogP contribution >= 0.6 is 11.6 Å². The van der Waals surface area contributed by atoms with Gasteiger partial charge in [0.25, 0.3) is 11.5 Å². The van der Waals surface area contributed by atoms with Crippen LogP contribution in [0.1, 0.15) is 34.4 Å². The number of piperazine rings is 1. The number of nitrogens with zero attached hydrogens (tertiary/aromatic N) is 8. The predicted molar refractivity (Wildman–Crippen MR) is 183 cm³/mol. The number of carbonyl (C=O) groups is 2. The van der Waals surface area contributed by atoms with Gasteiger partial charge in [0, 0.05) is 37.1 Å². The van der Waals surface area contributed by atoms with Gasteiger partial charge in [-0.2, -0.15) is 22.7 Å². The maximum atomic E-state index is 14.3. The number of hydrogen-bond donors (Lipinski definition) is 2. The number of alkyl halides is 3. The first-order valence-electron chi connectivity index (χ1n) is 16.1. The summed E-state index contributed by atoms with van der Waals surface area (Å²) in [4.78, 5) is 56.9. The minimum atomic E-state index is -4.62. The first kappa shape index (κ1) is 34.5. The maximum Gasteiger partial charge on any atom is 0.416 e. The van der Waals surface area contributed by atoms with Gasteiger partial charge in [0.2, 0.25) is 11.7 Å². The number of benzene rings is 2. The molecule has 0 spiro atoms. The number of amides is 2. The van der Waals surface area contributed by atoms with Crippen molar-refractivity contribution >= 4 is 51.5 Å². The number of anilines is 2. The van der Waals surface area contributed by atoms with Crippen LogP contribution in [0.5, 0.6) is 5.75 Å². The van der Waals surface area contributed by atoms with Crippen LogP contribution in [0.3, 0.4) is 0 Å². The zero-order chi connectivity index (χ0) is 36.9. The van der Waals surface area contributed by atoms with E-state index in [1.165, 1.54) is 15.8 Å². The van der Waals surface area contributed by atoms with Gasteiger partial charge in [0.05, 0.1) is 33.9 Å². The third kappa shape index (κ3) is 6.27. The number of nitrogens with one attached hydrogen (secondary N) is 1. The fourth-order valence-electron chi connectivity index (χ4n) is 6.19. The van der Waals surface area contributed by atoms with Gasteiger partial charge < -0.3 is 29.2 Å². The van der Waals surface area contributed by atoms with E-state index in [2.05, 4.69) is 25.4 Å². The molecule has 0 saturated carbocycles. The van der Waals surface area contributed by atoms with Crippen molar-refractivity contribution < 1.29 is 32.3 Å². The molecule has 0 atom stereocenters. The molecule has 1 saturated heterocycles. The molecule has 7 rings (SSSR count). The van der Waals surface area contributed by atoms with Gasteiger partial charge in [-0.25, -0.2) is 9.97 Å². The third-order valence-electron chi connectivity index (χ3n) is 8.83. The fourth-order valence-corrected chi connectivity index (χ4v) is 6.42. The number of furan rings is 1. The van der Waals surface area contributed by atoms with E-state index in [-0.39, 0.29) is 77.7 Å². The van der Waals surface area contributed by atoms with Gasteiger partial charge >= 0.3 is 6.18 Å². The smallest absolute Gasteiger partial charge is 0.416 e. The Balaban J connectivity index is 1.26. The summed E-state index contributed by atoms with van der Waals surface area (Å²) >= 11 is 6.13. The Morgan fingerprint density at radius 1 is 1.06 bits per heavy atom. The average molecular weight is 736 g/mol. The second kappa shape index (κ2) is 13.3. The van der Waals surface area contributed by atoms with Crippen LogP contribution in [-0.2, 0) is 23.9 Å². The Labute approximate surface area is 297 Å². The summed E-state index contributed by atoms with van der Waals surface area (Å²) < 4.78 is 47.8. The number of aromatic nitrogens is 6.